The molecule has 1 fully saturated rings. The maximum atomic E-state index is 6.36. The zero-order valence-electron chi connectivity index (χ0n) is 10.6. The second kappa shape index (κ2) is 5.63. The van der Waals surface area contributed by atoms with Crippen LogP contribution < -0.4 is 11.5 Å². The number of nitrogens with two attached hydrogens (primary N) is 2. The average Bonchev–Trinajstić information content (AvgIpc) is 2.39. The van der Waals surface area contributed by atoms with E-state index in [4.69, 9.17) is 11.5 Å². The van der Waals surface area contributed by atoms with Crippen LogP contribution in [0.25, 0.3) is 0 Å². The number of benzene rings is 1. The molecule has 0 aliphatic carbocycles. The van der Waals surface area contributed by atoms with Crippen LogP contribution in [0.2, 0.25) is 0 Å². The second-order valence-electron chi connectivity index (χ2n) is 5.11. The Bertz CT molecular complexity index is 339. The van der Waals surface area contributed by atoms with Crippen LogP contribution >= 0.6 is 0 Å². The summed E-state index contributed by atoms with van der Waals surface area (Å²) >= 11 is 0. The molecule has 0 bridgehead atoms. The van der Waals surface area contributed by atoms with Gasteiger partial charge in [-0.2, -0.15) is 0 Å². The molecule has 1 unspecified atom stereocenters. The molecule has 1 aromatic rings. The molecule has 3 nitrogen and oxygen atoms in total. The van der Waals surface area contributed by atoms with Gasteiger partial charge >= 0.3 is 0 Å². The Morgan fingerprint density at radius 2 is 1.82 bits per heavy atom. The summed E-state index contributed by atoms with van der Waals surface area (Å²) in [6, 6.07) is 8.61. The number of rotatable bonds is 3. The Morgan fingerprint density at radius 1 is 1.24 bits per heavy atom. The molecule has 0 saturated carbocycles. The first kappa shape index (κ1) is 12.6. The molecule has 1 atom stereocenters. The lowest BCUT2D eigenvalue weighted by Crippen LogP contribution is -2.35. The molecule has 0 spiro atoms. The topological polar surface area (TPSA) is 55.3 Å². The van der Waals surface area contributed by atoms with Gasteiger partial charge in [-0.05, 0) is 50.0 Å². The van der Waals surface area contributed by atoms with Gasteiger partial charge in [0, 0.05) is 12.6 Å². The van der Waals surface area contributed by atoms with Gasteiger partial charge in [-0.1, -0.05) is 24.3 Å². The van der Waals surface area contributed by atoms with Crippen LogP contribution in [0.15, 0.2) is 24.3 Å². The van der Waals surface area contributed by atoms with Crippen LogP contribution in [-0.4, -0.2) is 25.0 Å². The van der Waals surface area contributed by atoms with E-state index in [2.05, 4.69) is 36.2 Å². The summed E-state index contributed by atoms with van der Waals surface area (Å²) in [6.07, 6.45) is 2.41. The molecule has 1 saturated heterocycles. The van der Waals surface area contributed by atoms with E-state index in [1.807, 2.05) is 0 Å². The van der Waals surface area contributed by atoms with Crippen molar-refractivity contribution < 1.29 is 0 Å². The zero-order chi connectivity index (χ0) is 12.3. The molecule has 4 N–H and O–H groups in total. The van der Waals surface area contributed by atoms with E-state index in [0.29, 0.717) is 12.5 Å². The summed E-state index contributed by atoms with van der Waals surface area (Å²) in [4.78, 5) is 2.38. The highest BCUT2D eigenvalue weighted by Crippen LogP contribution is 2.28. The molecule has 2 rings (SSSR count). The maximum Gasteiger partial charge on any atom is 0.0324 e. The molecule has 0 aromatic heterocycles. The summed E-state index contributed by atoms with van der Waals surface area (Å²) in [5.74, 6) is 0.620. The van der Waals surface area contributed by atoms with Crippen molar-refractivity contribution in [3.05, 3.63) is 35.4 Å². The summed E-state index contributed by atoms with van der Waals surface area (Å²) in [6.45, 7) is 2.93. The van der Waals surface area contributed by atoms with Crippen LogP contribution in [0.4, 0.5) is 0 Å². The highest BCUT2D eigenvalue weighted by molar-refractivity contribution is 5.25. The van der Waals surface area contributed by atoms with E-state index in [1.54, 1.807) is 0 Å². The summed E-state index contributed by atoms with van der Waals surface area (Å²) in [5.41, 5.74) is 14.4. The van der Waals surface area contributed by atoms with Crippen molar-refractivity contribution in [2.24, 2.45) is 17.4 Å². The smallest absolute Gasteiger partial charge is 0.0324 e. The Balaban J connectivity index is 2.00. The van der Waals surface area contributed by atoms with Gasteiger partial charge < -0.3 is 16.4 Å². The van der Waals surface area contributed by atoms with E-state index in [-0.39, 0.29) is 6.04 Å². The minimum atomic E-state index is 0.176. The lowest BCUT2D eigenvalue weighted by Gasteiger charge is -2.32. The monoisotopic (exact) mass is 233 g/mol. The number of hydrogen-bond donors (Lipinski definition) is 2. The van der Waals surface area contributed by atoms with Crippen molar-refractivity contribution in [3.8, 4) is 0 Å². The number of nitrogens with zero attached hydrogens (tertiary/aromatic N) is 1. The van der Waals surface area contributed by atoms with Gasteiger partial charge in [-0.15, -0.1) is 0 Å². The third kappa shape index (κ3) is 3.06. The van der Waals surface area contributed by atoms with Gasteiger partial charge in [0.15, 0.2) is 0 Å². The van der Waals surface area contributed by atoms with Crippen molar-refractivity contribution in [2.45, 2.75) is 25.4 Å². The molecule has 0 radical (unpaired) electrons. The van der Waals surface area contributed by atoms with E-state index in [0.717, 1.165) is 0 Å². The lowest BCUT2D eigenvalue weighted by atomic mass is 9.86. The Labute approximate surface area is 104 Å². The lowest BCUT2D eigenvalue weighted by molar-refractivity contribution is 0.199. The first-order valence-electron chi connectivity index (χ1n) is 6.43. The first-order valence-corrected chi connectivity index (χ1v) is 6.43. The van der Waals surface area contributed by atoms with Crippen molar-refractivity contribution >= 4 is 0 Å². The Kier molecular flexibility index (Phi) is 4.15. The van der Waals surface area contributed by atoms with E-state index in [1.165, 1.54) is 37.1 Å². The quantitative estimate of drug-likeness (QED) is 0.831. The molecular weight excluding hydrogens is 210 g/mol. The highest BCUT2D eigenvalue weighted by atomic mass is 15.1. The van der Waals surface area contributed by atoms with Crippen LogP contribution in [0.3, 0.4) is 0 Å². The SMILES string of the molecule is CN1CCC(C(N)c2ccc(CN)cc2)CC1. The third-order valence-electron chi connectivity index (χ3n) is 3.87. The van der Waals surface area contributed by atoms with Crippen molar-refractivity contribution in [1.29, 1.82) is 0 Å². The van der Waals surface area contributed by atoms with Crippen LogP contribution in [0, 0.1) is 5.92 Å². The van der Waals surface area contributed by atoms with Gasteiger partial charge in [-0.3, -0.25) is 0 Å². The molecule has 0 amide bonds. The predicted molar refractivity (Wildman–Crippen MR) is 71.5 cm³/mol. The average molecular weight is 233 g/mol. The summed E-state index contributed by atoms with van der Waals surface area (Å²) in [7, 11) is 2.18. The number of likely N-dealkylation sites (tertiary alicyclic amines) is 1. The largest absolute Gasteiger partial charge is 0.326 e. The minimum absolute atomic E-state index is 0.176. The van der Waals surface area contributed by atoms with Gasteiger partial charge in [0.25, 0.3) is 0 Å². The normalized spacial score (nSPS) is 20.4. The molecule has 17 heavy (non-hydrogen) atoms. The second-order valence-corrected chi connectivity index (χ2v) is 5.11. The molecule has 3 heteroatoms. The Morgan fingerprint density at radius 3 is 2.35 bits per heavy atom. The van der Waals surface area contributed by atoms with Crippen molar-refractivity contribution in [2.75, 3.05) is 20.1 Å². The third-order valence-corrected chi connectivity index (χ3v) is 3.87. The van der Waals surface area contributed by atoms with Crippen molar-refractivity contribution in [3.63, 3.8) is 0 Å². The van der Waals surface area contributed by atoms with E-state index in [9.17, 15) is 0 Å². The molecule has 1 aliphatic heterocycles. The molecule has 1 heterocycles. The Hall–Kier alpha value is -0.900. The van der Waals surface area contributed by atoms with Crippen LogP contribution in [-0.2, 0) is 6.54 Å². The summed E-state index contributed by atoms with van der Waals surface area (Å²) in [5, 5.41) is 0. The van der Waals surface area contributed by atoms with Crippen LogP contribution in [0.1, 0.15) is 30.0 Å². The minimum Gasteiger partial charge on any atom is -0.326 e. The van der Waals surface area contributed by atoms with Crippen LogP contribution in [0.5, 0.6) is 0 Å². The molecular formula is C14H23N3. The number of piperidine rings is 1. The fraction of sp³-hybridized carbons (Fsp3) is 0.571. The van der Waals surface area contributed by atoms with Gasteiger partial charge in [0.2, 0.25) is 0 Å². The van der Waals surface area contributed by atoms with Gasteiger partial charge in [0.05, 0.1) is 0 Å². The molecule has 1 aromatic carbocycles. The fourth-order valence-electron chi connectivity index (χ4n) is 2.54. The molecule has 94 valence electrons. The van der Waals surface area contributed by atoms with E-state index >= 15 is 0 Å². The number of hydrogen-bond acceptors (Lipinski definition) is 3. The first-order chi connectivity index (χ1) is 8.20. The van der Waals surface area contributed by atoms with Gasteiger partial charge in [-0.25, -0.2) is 0 Å². The summed E-state index contributed by atoms with van der Waals surface area (Å²) < 4.78 is 0. The predicted octanol–water partition coefficient (Wildman–Crippen LogP) is 1.49. The zero-order valence-corrected chi connectivity index (χ0v) is 10.6. The van der Waals surface area contributed by atoms with E-state index < -0.39 is 0 Å². The van der Waals surface area contributed by atoms with Crippen molar-refractivity contribution in [1.82, 2.24) is 4.90 Å². The standard InChI is InChI=1S/C14H23N3/c1-17-8-6-13(7-9-17)14(16)12-4-2-11(10-15)3-5-12/h2-5,13-14H,6-10,15-16H2,1H3. The fourth-order valence-corrected chi connectivity index (χ4v) is 2.54. The highest BCUT2D eigenvalue weighted by Gasteiger charge is 2.23. The van der Waals surface area contributed by atoms with Gasteiger partial charge in [0.1, 0.15) is 0 Å². The maximum absolute atomic E-state index is 6.36. The molecule has 1 aliphatic rings.